The number of aromatic nitrogens is 1. The van der Waals surface area contributed by atoms with Crippen LogP contribution in [0, 0.1) is 0 Å². The Kier molecular flexibility index (Phi) is 4.06. The largest absolute Gasteiger partial charge is 0.299 e. The Morgan fingerprint density at radius 1 is 1.30 bits per heavy atom. The van der Waals surface area contributed by atoms with Crippen LogP contribution in [-0.4, -0.2) is 33.4 Å². The summed E-state index contributed by atoms with van der Waals surface area (Å²) in [6.45, 7) is 3.11. The molecule has 1 saturated heterocycles. The van der Waals surface area contributed by atoms with E-state index in [-0.39, 0.29) is 0 Å². The van der Waals surface area contributed by atoms with Crippen molar-refractivity contribution in [3.8, 4) is 0 Å². The number of benzene rings is 1. The molecule has 0 bridgehead atoms. The lowest BCUT2D eigenvalue weighted by atomic mass is 10.1. The minimum absolute atomic E-state index is 0.578. The smallest absolute Gasteiger partial charge is 0.134 e. The van der Waals surface area contributed by atoms with Crippen molar-refractivity contribution in [1.82, 2.24) is 9.88 Å². The lowest BCUT2D eigenvalue weighted by molar-refractivity contribution is 0.331. The van der Waals surface area contributed by atoms with E-state index >= 15 is 0 Å². The fourth-order valence-electron chi connectivity index (χ4n) is 2.65. The first kappa shape index (κ1) is 14.0. The van der Waals surface area contributed by atoms with Crippen LogP contribution in [0.1, 0.15) is 18.4 Å². The Bertz CT molecular complexity index is 668. The van der Waals surface area contributed by atoms with Gasteiger partial charge in [-0.25, -0.2) is 4.98 Å². The zero-order valence-corrected chi connectivity index (χ0v) is 13.0. The van der Waals surface area contributed by atoms with Crippen LogP contribution in [-0.2, 0) is 17.3 Å². The number of hydrogen-bond acceptors (Lipinski definition) is 3. The standard InChI is InChI=1S/C15H17ClN2OS/c1-20(19)13-4-5-14-11(9-13)8-12(15(16)17-14)10-18-6-2-3-7-18/h4-5,8-9H,2-3,6-7,10H2,1H3. The molecule has 1 unspecified atom stereocenters. The van der Waals surface area contributed by atoms with Gasteiger partial charge < -0.3 is 0 Å². The summed E-state index contributed by atoms with van der Waals surface area (Å²) in [6.07, 6.45) is 4.21. The van der Waals surface area contributed by atoms with Crippen LogP contribution in [0.25, 0.3) is 10.9 Å². The molecule has 3 rings (SSSR count). The molecule has 3 nitrogen and oxygen atoms in total. The number of fused-ring (bicyclic) bond motifs is 1. The van der Waals surface area contributed by atoms with Crippen LogP contribution < -0.4 is 0 Å². The van der Waals surface area contributed by atoms with Gasteiger partial charge in [0.25, 0.3) is 0 Å². The number of pyridine rings is 1. The van der Waals surface area contributed by atoms with Crippen LogP contribution in [0.15, 0.2) is 29.2 Å². The third-order valence-corrected chi connectivity index (χ3v) is 4.98. The Hall–Kier alpha value is -0.970. The van der Waals surface area contributed by atoms with Crippen molar-refractivity contribution in [3.63, 3.8) is 0 Å². The number of hydrogen-bond donors (Lipinski definition) is 0. The van der Waals surface area contributed by atoms with Gasteiger partial charge in [-0.2, -0.15) is 0 Å². The Morgan fingerprint density at radius 3 is 2.75 bits per heavy atom. The van der Waals surface area contributed by atoms with Crippen LogP contribution in [0.5, 0.6) is 0 Å². The van der Waals surface area contributed by atoms with Crippen molar-refractivity contribution in [2.24, 2.45) is 0 Å². The number of likely N-dealkylation sites (tertiary alicyclic amines) is 1. The van der Waals surface area contributed by atoms with Crippen LogP contribution in [0.2, 0.25) is 5.15 Å². The summed E-state index contributed by atoms with van der Waals surface area (Å²) in [5, 5.41) is 1.59. The highest BCUT2D eigenvalue weighted by atomic mass is 35.5. The second kappa shape index (κ2) is 5.80. The summed E-state index contributed by atoms with van der Waals surface area (Å²) in [4.78, 5) is 7.68. The summed E-state index contributed by atoms with van der Waals surface area (Å²) in [7, 11) is -0.972. The number of rotatable bonds is 3. The maximum absolute atomic E-state index is 11.6. The molecule has 2 heterocycles. The predicted octanol–water partition coefficient (Wildman–Crippen LogP) is 3.22. The maximum atomic E-state index is 11.6. The number of nitrogens with zero attached hydrogens (tertiary/aromatic N) is 2. The summed E-state index contributed by atoms with van der Waals surface area (Å²) < 4.78 is 11.6. The predicted molar refractivity (Wildman–Crippen MR) is 83.6 cm³/mol. The van der Waals surface area contributed by atoms with Gasteiger partial charge in [0.05, 0.1) is 5.52 Å². The van der Waals surface area contributed by atoms with E-state index < -0.39 is 10.8 Å². The van der Waals surface area contributed by atoms with E-state index in [2.05, 4.69) is 16.0 Å². The lowest BCUT2D eigenvalue weighted by Crippen LogP contribution is -2.18. The molecule has 1 aliphatic rings. The minimum atomic E-state index is -0.972. The summed E-state index contributed by atoms with van der Waals surface area (Å²) >= 11 is 6.29. The van der Waals surface area contributed by atoms with E-state index in [1.54, 1.807) is 6.26 Å². The van der Waals surface area contributed by atoms with Gasteiger partial charge in [-0.05, 0) is 50.2 Å². The van der Waals surface area contributed by atoms with E-state index in [1.807, 2.05) is 18.2 Å². The molecule has 2 aromatic rings. The van der Waals surface area contributed by atoms with Crippen LogP contribution in [0.3, 0.4) is 0 Å². The molecule has 1 fully saturated rings. The highest BCUT2D eigenvalue weighted by molar-refractivity contribution is 7.84. The van der Waals surface area contributed by atoms with Crippen LogP contribution in [0.4, 0.5) is 0 Å². The van der Waals surface area contributed by atoms with Crippen molar-refractivity contribution in [3.05, 3.63) is 35.0 Å². The van der Waals surface area contributed by atoms with Crippen molar-refractivity contribution < 1.29 is 4.21 Å². The average molecular weight is 309 g/mol. The molecule has 0 aliphatic carbocycles. The molecule has 1 atom stereocenters. The van der Waals surface area contributed by atoms with Crippen molar-refractivity contribution in [1.29, 1.82) is 0 Å². The molecule has 0 amide bonds. The van der Waals surface area contributed by atoms with E-state index in [0.717, 1.165) is 41.0 Å². The van der Waals surface area contributed by atoms with Gasteiger partial charge in [0.1, 0.15) is 5.15 Å². The zero-order valence-electron chi connectivity index (χ0n) is 11.4. The first-order valence-corrected chi connectivity index (χ1v) is 8.72. The maximum Gasteiger partial charge on any atom is 0.134 e. The summed E-state index contributed by atoms with van der Waals surface area (Å²) in [5.41, 5.74) is 1.91. The fraction of sp³-hybridized carbons (Fsp3) is 0.400. The van der Waals surface area contributed by atoms with Crippen molar-refractivity contribution in [2.75, 3.05) is 19.3 Å². The third-order valence-electron chi connectivity index (χ3n) is 3.74. The molecule has 1 aromatic carbocycles. The molecular formula is C15H17ClN2OS. The topological polar surface area (TPSA) is 33.2 Å². The van der Waals surface area contributed by atoms with Gasteiger partial charge in [0.2, 0.25) is 0 Å². The van der Waals surface area contributed by atoms with E-state index in [0.29, 0.717) is 5.15 Å². The average Bonchev–Trinajstić information content (AvgIpc) is 2.92. The molecule has 1 aromatic heterocycles. The van der Waals surface area contributed by atoms with Gasteiger partial charge >= 0.3 is 0 Å². The number of halogens is 1. The lowest BCUT2D eigenvalue weighted by Gasteiger charge is -2.15. The molecule has 5 heteroatoms. The third kappa shape index (κ3) is 2.87. The molecule has 0 saturated carbocycles. The molecule has 106 valence electrons. The van der Waals surface area contributed by atoms with Crippen LogP contribution >= 0.6 is 11.6 Å². The second-order valence-electron chi connectivity index (χ2n) is 5.23. The second-order valence-corrected chi connectivity index (χ2v) is 6.97. The van der Waals surface area contributed by atoms with E-state index in [9.17, 15) is 4.21 Å². The fourth-order valence-corrected chi connectivity index (χ4v) is 3.40. The van der Waals surface area contributed by atoms with E-state index in [1.165, 1.54) is 12.8 Å². The summed E-state index contributed by atoms with van der Waals surface area (Å²) in [5.74, 6) is 0. The van der Waals surface area contributed by atoms with Gasteiger partial charge in [0.15, 0.2) is 0 Å². The Balaban J connectivity index is 1.98. The monoisotopic (exact) mass is 308 g/mol. The van der Waals surface area contributed by atoms with Crippen molar-refractivity contribution in [2.45, 2.75) is 24.3 Å². The first-order valence-electron chi connectivity index (χ1n) is 6.78. The Labute approximate surface area is 126 Å². The van der Waals surface area contributed by atoms with Crippen molar-refractivity contribution >= 4 is 33.3 Å². The van der Waals surface area contributed by atoms with Gasteiger partial charge in [-0.3, -0.25) is 9.11 Å². The summed E-state index contributed by atoms with van der Waals surface area (Å²) in [6, 6.07) is 7.76. The zero-order chi connectivity index (χ0) is 14.1. The highest BCUT2D eigenvalue weighted by Gasteiger charge is 2.14. The van der Waals surface area contributed by atoms with Gasteiger partial charge in [0, 0.05) is 39.4 Å². The highest BCUT2D eigenvalue weighted by Crippen LogP contribution is 2.24. The molecule has 0 N–H and O–H groups in total. The normalized spacial score (nSPS) is 17.7. The molecule has 0 spiro atoms. The van der Waals surface area contributed by atoms with E-state index in [4.69, 9.17) is 11.6 Å². The SMILES string of the molecule is CS(=O)c1ccc2nc(Cl)c(CN3CCCC3)cc2c1. The molecule has 1 aliphatic heterocycles. The molecular weight excluding hydrogens is 292 g/mol. The molecule has 0 radical (unpaired) electrons. The molecule has 20 heavy (non-hydrogen) atoms. The Morgan fingerprint density at radius 2 is 2.05 bits per heavy atom. The quantitative estimate of drug-likeness (QED) is 0.816. The minimum Gasteiger partial charge on any atom is -0.299 e. The van der Waals surface area contributed by atoms with Gasteiger partial charge in [-0.1, -0.05) is 11.6 Å². The van der Waals surface area contributed by atoms with Gasteiger partial charge in [-0.15, -0.1) is 0 Å². The first-order chi connectivity index (χ1) is 9.63.